The van der Waals surface area contributed by atoms with Crippen molar-refractivity contribution in [3.63, 3.8) is 0 Å². The highest BCUT2D eigenvalue weighted by molar-refractivity contribution is 7.99. The Morgan fingerprint density at radius 2 is 1.69 bits per heavy atom. The van der Waals surface area contributed by atoms with E-state index < -0.39 is 5.60 Å². The van der Waals surface area contributed by atoms with Gasteiger partial charge in [0.2, 0.25) is 0 Å². The van der Waals surface area contributed by atoms with Crippen LogP contribution in [0.4, 0.5) is 0 Å². The number of thioether (sulfide) groups is 1. The summed E-state index contributed by atoms with van der Waals surface area (Å²) >= 11 is 1.99. The third kappa shape index (κ3) is 5.74. The van der Waals surface area contributed by atoms with E-state index in [-0.39, 0.29) is 5.92 Å². The van der Waals surface area contributed by atoms with Crippen molar-refractivity contribution in [1.82, 2.24) is 5.16 Å². The molecule has 0 spiro atoms. The minimum absolute atomic E-state index is 0.179. The lowest BCUT2D eigenvalue weighted by molar-refractivity contribution is -0.924. The zero-order valence-electron chi connectivity index (χ0n) is 21.6. The Kier molecular flexibility index (Phi) is 8.51. The van der Waals surface area contributed by atoms with Gasteiger partial charge >= 0.3 is 0 Å². The first kappa shape index (κ1) is 25.6. The Morgan fingerprint density at radius 3 is 2.42 bits per heavy atom. The van der Waals surface area contributed by atoms with Gasteiger partial charge in [0, 0.05) is 22.6 Å². The highest BCUT2D eigenvalue weighted by Crippen LogP contribution is 2.43. The maximum Gasteiger partial charge on any atom is 0.191 e. The van der Waals surface area contributed by atoms with Gasteiger partial charge in [0.15, 0.2) is 5.76 Å². The van der Waals surface area contributed by atoms with Gasteiger partial charge in [0.25, 0.3) is 0 Å². The minimum Gasteiger partial charge on any atom is -0.378 e. The van der Waals surface area contributed by atoms with Gasteiger partial charge < -0.3 is 14.5 Å². The Balaban J connectivity index is 1.29. The van der Waals surface area contributed by atoms with Crippen LogP contribution in [0.3, 0.4) is 0 Å². The number of hydrogen-bond acceptors (Lipinski definition) is 4. The lowest BCUT2D eigenvalue weighted by Crippen LogP contribution is -3.12. The number of hydrogen-bond donors (Lipinski definition) is 2. The molecule has 2 aromatic carbocycles. The van der Waals surface area contributed by atoms with Crippen LogP contribution in [0.1, 0.15) is 68.9 Å². The van der Waals surface area contributed by atoms with Gasteiger partial charge in [-0.1, -0.05) is 86.3 Å². The molecular formula is C31H41N2O2S+. The molecule has 36 heavy (non-hydrogen) atoms. The average molecular weight is 506 g/mol. The first-order valence-corrected chi connectivity index (χ1v) is 14.9. The first-order chi connectivity index (χ1) is 17.7. The second kappa shape index (κ2) is 12.0. The molecule has 2 heterocycles. The predicted octanol–water partition coefficient (Wildman–Crippen LogP) is 5.71. The third-order valence-corrected chi connectivity index (χ3v) is 9.80. The van der Waals surface area contributed by atoms with Crippen molar-refractivity contribution in [3.05, 3.63) is 83.7 Å². The van der Waals surface area contributed by atoms with E-state index in [1.54, 1.807) is 4.90 Å². The molecule has 1 saturated carbocycles. The summed E-state index contributed by atoms with van der Waals surface area (Å²) in [5.41, 5.74) is 0.545. The topological polar surface area (TPSA) is 50.7 Å². The molecule has 2 fully saturated rings. The summed E-state index contributed by atoms with van der Waals surface area (Å²) in [6, 6.07) is 22.9. The van der Waals surface area contributed by atoms with Crippen molar-refractivity contribution in [2.75, 3.05) is 18.8 Å². The van der Waals surface area contributed by atoms with Crippen molar-refractivity contribution < 1.29 is 14.5 Å². The molecular weight excluding hydrogens is 464 g/mol. The molecule has 2 aliphatic rings. The van der Waals surface area contributed by atoms with Crippen LogP contribution in [0.5, 0.6) is 0 Å². The lowest BCUT2D eigenvalue weighted by atomic mass is 9.71. The number of quaternary nitrogens is 1. The summed E-state index contributed by atoms with van der Waals surface area (Å²) in [5.74, 6) is 3.75. The monoisotopic (exact) mass is 505 g/mol. The van der Waals surface area contributed by atoms with Gasteiger partial charge in [-0.25, -0.2) is 0 Å². The number of rotatable bonds is 9. The van der Waals surface area contributed by atoms with Gasteiger partial charge in [0.05, 0.1) is 13.1 Å². The molecule has 5 heteroatoms. The number of nitrogens with one attached hydrogen (secondary N) is 1. The molecule has 1 aromatic heterocycles. The Labute approximate surface area is 220 Å². The molecule has 4 nitrogen and oxygen atoms in total. The Morgan fingerprint density at radius 1 is 0.972 bits per heavy atom. The quantitative estimate of drug-likeness (QED) is 0.366. The van der Waals surface area contributed by atoms with E-state index in [4.69, 9.17) is 4.52 Å². The SMILES string of the molecule is CCC1CC[NH+](Cc2cc(C(O)(c3ccccc3)C3CCCCC3)no2)CC1CSc1ccccc1. The molecule has 1 aliphatic heterocycles. The number of piperidine rings is 1. The maximum absolute atomic E-state index is 12.2. The highest BCUT2D eigenvalue weighted by atomic mass is 32.2. The van der Waals surface area contributed by atoms with Crippen molar-refractivity contribution in [3.8, 4) is 0 Å². The molecule has 4 atom stereocenters. The van der Waals surface area contributed by atoms with E-state index in [1.165, 1.54) is 55.8 Å². The molecule has 0 amide bonds. The van der Waals surface area contributed by atoms with Crippen LogP contribution in [0, 0.1) is 17.8 Å². The van der Waals surface area contributed by atoms with E-state index in [1.807, 2.05) is 48.2 Å². The van der Waals surface area contributed by atoms with Gasteiger partial charge in [-0.05, 0) is 48.8 Å². The van der Waals surface area contributed by atoms with Crippen molar-refractivity contribution in [1.29, 1.82) is 0 Å². The van der Waals surface area contributed by atoms with Crippen LogP contribution in [-0.2, 0) is 12.1 Å². The largest absolute Gasteiger partial charge is 0.378 e. The highest BCUT2D eigenvalue weighted by Gasteiger charge is 2.43. The standard InChI is InChI=1S/C31H40N2O2S/c1-2-24-18-19-33(21-25(24)23-36-29-16-10-5-11-17-29)22-28-20-30(32-35-28)31(34,26-12-6-3-7-13-26)27-14-8-4-9-15-27/h3,5-7,10-13,16-17,20,24-25,27,34H,2,4,8-9,14-15,18-19,21-23H2,1H3/p+1. The van der Waals surface area contributed by atoms with E-state index in [2.05, 4.69) is 42.4 Å². The van der Waals surface area contributed by atoms with Crippen LogP contribution in [0.15, 0.2) is 76.1 Å². The molecule has 4 unspecified atom stereocenters. The summed E-state index contributed by atoms with van der Waals surface area (Å²) in [5, 5.41) is 16.6. The van der Waals surface area contributed by atoms with Crippen LogP contribution in [0.25, 0.3) is 0 Å². The summed E-state index contributed by atoms with van der Waals surface area (Å²) < 4.78 is 5.91. The molecule has 0 radical (unpaired) electrons. The molecule has 1 aliphatic carbocycles. The Bertz CT molecular complexity index is 1070. The fourth-order valence-corrected chi connectivity index (χ4v) is 7.65. The maximum atomic E-state index is 12.2. The molecule has 2 N–H and O–H groups in total. The summed E-state index contributed by atoms with van der Waals surface area (Å²) in [7, 11) is 0. The zero-order chi connectivity index (χ0) is 24.8. The smallest absolute Gasteiger partial charge is 0.191 e. The second-order valence-corrected chi connectivity index (χ2v) is 12.0. The normalized spacial score (nSPS) is 24.9. The van der Waals surface area contributed by atoms with Crippen LogP contribution >= 0.6 is 11.8 Å². The number of aromatic nitrogens is 1. The zero-order valence-corrected chi connectivity index (χ0v) is 22.4. The lowest BCUT2D eigenvalue weighted by Gasteiger charge is -2.37. The minimum atomic E-state index is -1.08. The molecule has 5 rings (SSSR count). The van der Waals surface area contributed by atoms with E-state index in [0.717, 1.165) is 36.6 Å². The fourth-order valence-electron chi connectivity index (χ4n) is 6.51. The van der Waals surface area contributed by atoms with Crippen LogP contribution < -0.4 is 4.90 Å². The summed E-state index contributed by atoms with van der Waals surface area (Å²) in [6.07, 6.45) is 8.18. The van der Waals surface area contributed by atoms with Gasteiger partial charge in [-0.3, -0.25) is 0 Å². The summed E-state index contributed by atoms with van der Waals surface area (Å²) in [6.45, 7) is 5.52. The van der Waals surface area contributed by atoms with E-state index >= 15 is 0 Å². The van der Waals surface area contributed by atoms with Crippen molar-refractivity contribution >= 4 is 11.8 Å². The predicted molar refractivity (Wildman–Crippen MR) is 146 cm³/mol. The van der Waals surface area contributed by atoms with E-state index in [9.17, 15) is 5.11 Å². The first-order valence-electron chi connectivity index (χ1n) is 13.9. The van der Waals surface area contributed by atoms with Gasteiger partial charge in [-0.2, -0.15) is 0 Å². The van der Waals surface area contributed by atoms with Crippen molar-refractivity contribution in [2.24, 2.45) is 17.8 Å². The number of benzene rings is 2. The number of likely N-dealkylation sites (tertiary alicyclic amines) is 1. The molecule has 0 bridgehead atoms. The average Bonchev–Trinajstić information content (AvgIpc) is 3.42. The molecule has 1 saturated heterocycles. The molecule has 192 valence electrons. The second-order valence-electron chi connectivity index (χ2n) is 10.9. The number of nitrogens with zero attached hydrogens (tertiary/aromatic N) is 1. The van der Waals surface area contributed by atoms with Crippen molar-refractivity contribution in [2.45, 2.75) is 68.9 Å². The van der Waals surface area contributed by atoms with Gasteiger partial charge in [0.1, 0.15) is 17.8 Å². The fraction of sp³-hybridized carbons (Fsp3) is 0.516. The van der Waals surface area contributed by atoms with Gasteiger partial charge in [-0.15, -0.1) is 11.8 Å². The van der Waals surface area contributed by atoms with E-state index in [0.29, 0.717) is 11.6 Å². The van der Waals surface area contributed by atoms with Crippen LogP contribution in [-0.4, -0.2) is 29.1 Å². The number of aliphatic hydroxyl groups is 1. The van der Waals surface area contributed by atoms with Crippen LogP contribution in [0.2, 0.25) is 0 Å². The third-order valence-electron chi connectivity index (χ3n) is 8.60. The Hall–Kier alpha value is -2.08. The summed E-state index contributed by atoms with van der Waals surface area (Å²) in [4.78, 5) is 2.93. The molecule has 3 aromatic rings.